The number of hydrogen-bond acceptors (Lipinski definition) is 6. The normalized spacial score (nSPS) is 11.5. The van der Waals surface area contributed by atoms with Gasteiger partial charge in [0.1, 0.15) is 11.5 Å². The minimum absolute atomic E-state index is 0.114. The third kappa shape index (κ3) is 13.1. The van der Waals surface area contributed by atoms with Gasteiger partial charge < -0.3 is 10.2 Å². The summed E-state index contributed by atoms with van der Waals surface area (Å²) in [5, 5.41) is 20.6. The monoisotopic (exact) mass is 638 g/mol. The molecule has 4 amide bonds. The van der Waals surface area contributed by atoms with Crippen LogP contribution >= 0.6 is 0 Å². The zero-order valence-electron chi connectivity index (χ0n) is 27.9. The van der Waals surface area contributed by atoms with Gasteiger partial charge in [-0.05, 0) is 68.2 Å². The summed E-state index contributed by atoms with van der Waals surface area (Å²) in [6.45, 7) is 6.25. The minimum atomic E-state index is -0.551. The molecule has 0 fully saturated rings. The number of hydrogen-bond donors (Lipinski definition) is 6. The van der Waals surface area contributed by atoms with Crippen molar-refractivity contribution in [3.8, 4) is 11.5 Å². The van der Waals surface area contributed by atoms with Crippen LogP contribution in [0.2, 0.25) is 0 Å². The third-order valence-electron chi connectivity index (χ3n) is 8.16. The van der Waals surface area contributed by atoms with Crippen LogP contribution in [-0.2, 0) is 22.4 Å². The van der Waals surface area contributed by atoms with Gasteiger partial charge in [0.25, 0.3) is 11.8 Å². The molecule has 10 heteroatoms. The van der Waals surface area contributed by atoms with Crippen molar-refractivity contribution >= 4 is 23.6 Å². The lowest BCUT2D eigenvalue weighted by molar-refractivity contribution is -0.126. The van der Waals surface area contributed by atoms with Gasteiger partial charge in [-0.3, -0.25) is 40.9 Å². The number of aryl methyl sites for hydroxylation is 2. The van der Waals surface area contributed by atoms with Gasteiger partial charge in [-0.15, -0.1) is 0 Å². The highest BCUT2D eigenvalue weighted by molar-refractivity contribution is 6.00. The topological polar surface area (TPSA) is 157 Å². The number of amides is 4. The first-order valence-corrected chi connectivity index (χ1v) is 17.0. The summed E-state index contributed by atoms with van der Waals surface area (Å²) in [7, 11) is 0. The quantitative estimate of drug-likeness (QED) is 0.0714. The van der Waals surface area contributed by atoms with E-state index in [1.165, 1.54) is 12.1 Å². The van der Waals surface area contributed by atoms with Gasteiger partial charge in [0.05, 0.1) is 11.1 Å². The maximum absolute atomic E-state index is 13.0. The summed E-state index contributed by atoms with van der Waals surface area (Å²) >= 11 is 0. The number of carbonyl (C=O) groups is 4. The van der Waals surface area contributed by atoms with Crippen LogP contribution < -0.4 is 21.7 Å². The maximum atomic E-state index is 13.0. The van der Waals surface area contributed by atoms with E-state index in [1.54, 1.807) is 12.1 Å². The molecule has 0 aliphatic carbocycles. The number of aromatic hydroxyl groups is 2. The molecule has 0 saturated heterocycles. The standard InChI is InChI=1S/C36H54N4O6/c1-4-7-11-18-26-21-15-23-29(41)32(26)35(45)39-37-31(43)25-14-10-13-20-28(17-9-6-3)34(44)38-40-36(46)33-27(19-12-8-5-2)22-16-24-30(33)42/h15-16,21-24,28,41-42H,4-14,17-20,25H2,1-3H3,(H,37,43)(H,38,44)(H,39,45)(H,40,46). The average molecular weight is 639 g/mol. The number of unbranched alkanes of at least 4 members (excludes halogenated alkanes) is 7. The largest absolute Gasteiger partial charge is 0.507 e. The van der Waals surface area contributed by atoms with Gasteiger partial charge in [0.15, 0.2) is 0 Å². The van der Waals surface area contributed by atoms with Crippen molar-refractivity contribution in [1.29, 1.82) is 0 Å². The Morgan fingerprint density at radius 3 is 1.61 bits per heavy atom. The molecule has 2 rings (SSSR count). The van der Waals surface area contributed by atoms with E-state index in [-0.39, 0.29) is 46.8 Å². The van der Waals surface area contributed by atoms with Gasteiger partial charge in [0.2, 0.25) is 11.8 Å². The summed E-state index contributed by atoms with van der Waals surface area (Å²) in [4.78, 5) is 51.0. The van der Waals surface area contributed by atoms with Gasteiger partial charge in [-0.25, -0.2) is 0 Å². The Balaban J connectivity index is 1.80. The van der Waals surface area contributed by atoms with Crippen LogP contribution in [0.15, 0.2) is 36.4 Å². The summed E-state index contributed by atoms with van der Waals surface area (Å²) in [5.41, 5.74) is 11.8. The van der Waals surface area contributed by atoms with E-state index in [2.05, 4.69) is 42.5 Å². The molecular formula is C36H54N4O6. The lowest BCUT2D eigenvalue weighted by Gasteiger charge is -2.18. The fourth-order valence-electron chi connectivity index (χ4n) is 5.49. The molecule has 10 nitrogen and oxygen atoms in total. The van der Waals surface area contributed by atoms with Crippen molar-refractivity contribution in [3.63, 3.8) is 0 Å². The Morgan fingerprint density at radius 1 is 0.587 bits per heavy atom. The number of phenolic OH excluding ortho intramolecular Hbond substituents is 2. The van der Waals surface area contributed by atoms with E-state index >= 15 is 0 Å². The molecule has 0 aromatic heterocycles. The number of phenols is 2. The van der Waals surface area contributed by atoms with Crippen LogP contribution in [0.1, 0.15) is 143 Å². The van der Waals surface area contributed by atoms with E-state index in [0.717, 1.165) is 68.9 Å². The molecule has 0 radical (unpaired) electrons. The summed E-state index contributed by atoms with van der Waals surface area (Å²) < 4.78 is 0. The molecule has 0 aliphatic heterocycles. The van der Waals surface area contributed by atoms with E-state index in [1.807, 2.05) is 12.1 Å². The lowest BCUT2D eigenvalue weighted by atomic mass is 9.94. The molecule has 0 bridgehead atoms. The Kier molecular flexibility index (Phi) is 17.9. The van der Waals surface area contributed by atoms with Gasteiger partial charge in [-0.2, -0.15) is 0 Å². The molecule has 0 saturated carbocycles. The van der Waals surface area contributed by atoms with Crippen molar-refractivity contribution in [2.45, 2.75) is 124 Å². The zero-order chi connectivity index (χ0) is 33.7. The number of nitrogens with one attached hydrogen (secondary N) is 4. The van der Waals surface area contributed by atoms with Crippen LogP contribution in [0.3, 0.4) is 0 Å². The molecule has 1 atom stereocenters. The predicted molar refractivity (Wildman–Crippen MR) is 180 cm³/mol. The van der Waals surface area contributed by atoms with Crippen LogP contribution in [0.25, 0.3) is 0 Å². The summed E-state index contributed by atoms with van der Waals surface area (Å²) in [6, 6.07) is 9.99. The second kappa shape index (κ2) is 21.6. The molecule has 0 aliphatic rings. The molecule has 6 N–H and O–H groups in total. The second-order valence-corrected chi connectivity index (χ2v) is 11.9. The van der Waals surface area contributed by atoms with Crippen LogP contribution in [0.5, 0.6) is 11.5 Å². The minimum Gasteiger partial charge on any atom is -0.507 e. The summed E-state index contributed by atoms with van der Waals surface area (Å²) in [5.74, 6) is -2.23. The first-order chi connectivity index (χ1) is 22.2. The number of carbonyl (C=O) groups excluding carboxylic acids is 4. The van der Waals surface area contributed by atoms with Crippen molar-refractivity contribution in [2.24, 2.45) is 5.92 Å². The second-order valence-electron chi connectivity index (χ2n) is 11.9. The highest BCUT2D eigenvalue weighted by atomic mass is 16.3. The Hall–Kier alpha value is -4.08. The Labute approximate surface area is 274 Å². The summed E-state index contributed by atoms with van der Waals surface area (Å²) in [6.07, 6.45) is 12.6. The molecule has 2 aromatic rings. The van der Waals surface area contributed by atoms with Crippen molar-refractivity contribution < 1.29 is 29.4 Å². The Bertz CT molecular complexity index is 1270. The molecule has 2 aromatic carbocycles. The smallest absolute Gasteiger partial charge is 0.273 e. The van der Waals surface area contributed by atoms with Crippen LogP contribution in [0.4, 0.5) is 0 Å². The van der Waals surface area contributed by atoms with E-state index in [0.29, 0.717) is 38.5 Å². The SMILES string of the molecule is CCCCCc1cccc(O)c1C(=O)NNC(=O)CCCCCC(CCCC)C(=O)NNC(=O)c1c(O)cccc1CCCCC. The number of benzene rings is 2. The van der Waals surface area contributed by atoms with E-state index < -0.39 is 11.8 Å². The first-order valence-electron chi connectivity index (χ1n) is 17.0. The van der Waals surface area contributed by atoms with Crippen LogP contribution in [-0.4, -0.2) is 33.8 Å². The fraction of sp³-hybridized carbons (Fsp3) is 0.556. The Morgan fingerprint density at radius 2 is 1.09 bits per heavy atom. The molecular weight excluding hydrogens is 584 g/mol. The zero-order valence-corrected chi connectivity index (χ0v) is 27.9. The third-order valence-corrected chi connectivity index (χ3v) is 8.16. The molecule has 1 unspecified atom stereocenters. The van der Waals surface area contributed by atoms with E-state index in [9.17, 15) is 29.4 Å². The van der Waals surface area contributed by atoms with Crippen molar-refractivity contribution in [3.05, 3.63) is 58.7 Å². The number of rotatable bonds is 20. The predicted octanol–water partition coefficient (Wildman–Crippen LogP) is 6.54. The molecule has 254 valence electrons. The molecule has 46 heavy (non-hydrogen) atoms. The highest BCUT2D eigenvalue weighted by Crippen LogP contribution is 2.24. The highest BCUT2D eigenvalue weighted by Gasteiger charge is 2.21. The van der Waals surface area contributed by atoms with Gasteiger partial charge in [-0.1, -0.05) is 96.4 Å². The average Bonchev–Trinajstić information content (AvgIpc) is 3.04. The van der Waals surface area contributed by atoms with Crippen molar-refractivity contribution in [1.82, 2.24) is 21.7 Å². The number of hydrazine groups is 2. The van der Waals surface area contributed by atoms with Gasteiger partial charge >= 0.3 is 0 Å². The molecule has 0 heterocycles. The fourth-order valence-corrected chi connectivity index (χ4v) is 5.49. The first kappa shape index (κ1) is 38.1. The van der Waals surface area contributed by atoms with Crippen molar-refractivity contribution in [2.75, 3.05) is 0 Å². The van der Waals surface area contributed by atoms with Gasteiger partial charge in [0, 0.05) is 12.3 Å². The molecule has 0 spiro atoms. The van der Waals surface area contributed by atoms with Crippen LogP contribution in [0, 0.1) is 5.92 Å². The lowest BCUT2D eigenvalue weighted by Crippen LogP contribution is -2.44. The maximum Gasteiger partial charge on any atom is 0.273 e. The van der Waals surface area contributed by atoms with E-state index in [4.69, 9.17) is 0 Å².